The first kappa shape index (κ1) is 31.0. The highest BCUT2D eigenvalue weighted by Gasteiger charge is 2.32. The van der Waals surface area contributed by atoms with Gasteiger partial charge in [-0.05, 0) is 59.9 Å². The summed E-state index contributed by atoms with van der Waals surface area (Å²) in [4.78, 5) is 11.5. The van der Waals surface area contributed by atoms with E-state index in [0.29, 0.717) is 28.4 Å². The van der Waals surface area contributed by atoms with Crippen molar-refractivity contribution in [1.29, 1.82) is 0 Å². The number of fused-ring (bicyclic) bond motifs is 1. The van der Waals surface area contributed by atoms with E-state index >= 15 is 0 Å². The van der Waals surface area contributed by atoms with Gasteiger partial charge in [0, 0.05) is 19.2 Å². The molecule has 0 bridgehead atoms. The number of nitrogens with one attached hydrogen (secondary N) is 1. The number of amides is 1. The number of aliphatic hydroxyl groups excluding tert-OH is 1. The van der Waals surface area contributed by atoms with Crippen molar-refractivity contribution in [3.63, 3.8) is 0 Å². The van der Waals surface area contributed by atoms with E-state index in [9.17, 15) is 32.2 Å². The molecular weight excluding hydrogens is 574 g/mol. The summed E-state index contributed by atoms with van der Waals surface area (Å²) in [6, 6.07) is 13.3. The molecule has 0 aromatic heterocycles. The van der Waals surface area contributed by atoms with Crippen molar-refractivity contribution in [3.8, 4) is 17.2 Å². The maximum atomic E-state index is 13.6. The first-order valence-electron chi connectivity index (χ1n) is 13.2. The molecule has 13 heteroatoms. The molecule has 0 radical (unpaired) electrons. The van der Waals surface area contributed by atoms with Crippen molar-refractivity contribution in [3.05, 3.63) is 83.4 Å². The number of hydrogen-bond acceptors (Lipinski definition) is 7. The van der Waals surface area contributed by atoms with E-state index in [-0.39, 0.29) is 43.7 Å². The second kappa shape index (κ2) is 13.4. The van der Waals surface area contributed by atoms with Gasteiger partial charge in [-0.3, -0.25) is 0 Å². The number of benzene rings is 3. The van der Waals surface area contributed by atoms with E-state index in [0.717, 1.165) is 16.4 Å². The summed E-state index contributed by atoms with van der Waals surface area (Å²) in [7, 11) is -4.09. The Morgan fingerprint density at radius 1 is 0.976 bits per heavy atom. The molecule has 3 aromatic rings. The van der Waals surface area contributed by atoms with Gasteiger partial charge in [0.1, 0.15) is 12.4 Å². The number of rotatable bonds is 13. The number of carboxylic acid groups (broad SMARTS) is 1. The first-order chi connectivity index (χ1) is 19.9. The standard InChI is InChI=1S/C29H32F2N2O8S/c1-18(2)14-33(42(37,38)22-8-10-27-28(13-22)41-17-40-27)15-26(34)25(32-29(35)36)12-19-3-6-21(7-4-19)39-16-20-5-9-23(30)24(31)11-20/h3-11,13,18,25-26,32,34H,12,14-17H2,1-2H3,(H,35,36)/t25-,26-/m0/s1. The van der Waals surface area contributed by atoms with Gasteiger partial charge < -0.3 is 29.7 Å². The minimum absolute atomic E-state index is 0.00197. The van der Waals surface area contributed by atoms with Gasteiger partial charge in [0.05, 0.1) is 17.0 Å². The zero-order valence-corrected chi connectivity index (χ0v) is 23.8. The molecule has 0 fully saturated rings. The molecule has 1 aliphatic heterocycles. The molecule has 2 atom stereocenters. The minimum atomic E-state index is -4.09. The second-order valence-electron chi connectivity index (χ2n) is 10.2. The average Bonchev–Trinajstić information content (AvgIpc) is 3.41. The van der Waals surface area contributed by atoms with Gasteiger partial charge in [0.25, 0.3) is 0 Å². The van der Waals surface area contributed by atoms with Crippen LogP contribution < -0.4 is 19.5 Å². The molecule has 1 heterocycles. The molecule has 1 aliphatic rings. The van der Waals surface area contributed by atoms with Crippen molar-refractivity contribution >= 4 is 16.1 Å². The molecule has 0 spiro atoms. The molecule has 0 unspecified atom stereocenters. The minimum Gasteiger partial charge on any atom is -0.489 e. The van der Waals surface area contributed by atoms with E-state index in [1.165, 1.54) is 24.3 Å². The van der Waals surface area contributed by atoms with E-state index in [1.807, 2.05) is 13.8 Å². The summed E-state index contributed by atoms with van der Waals surface area (Å²) < 4.78 is 71.0. The van der Waals surface area contributed by atoms with Crippen molar-refractivity contribution in [2.45, 2.75) is 43.9 Å². The van der Waals surface area contributed by atoms with Crippen molar-refractivity contribution < 1.29 is 46.4 Å². The van der Waals surface area contributed by atoms with Crippen LogP contribution in [-0.2, 0) is 23.1 Å². The molecule has 42 heavy (non-hydrogen) atoms. The predicted octanol–water partition coefficient (Wildman–Crippen LogP) is 4.16. The third-order valence-electron chi connectivity index (χ3n) is 6.48. The Balaban J connectivity index is 1.46. The fraction of sp³-hybridized carbons (Fsp3) is 0.345. The van der Waals surface area contributed by atoms with Crippen LogP contribution in [0.5, 0.6) is 17.2 Å². The molecule has 10 nitrogen and oxygen atoms in total. The van der Waals surface area contributed by atoms with Crippen molar-refractivity contribution in [2.24, 2.45) is 5.92 Å². The maximum absolute atomic E-state index is 13.6. The van der Waals surface area contributed by atoms with Crippen LogP contribution >= 0.6 is 0 Å². The largest absolute Gasteiger partial charge is 0.489 e. The van der Waals surface area contributed by atoms with Crippen LogP contribution in [0, 0.1) is 17.6 Å². The first-order valence-corrected chi connectivity index (χ1v) is 14.6. The molecule has 3 N–H and O–H groups in total. The van der Waals surface area contributed by atoms with E-state index in [2.05, 4.69) is 5.32 Å². The van der Waals surface area contributed by atoms with E-state index in [1.54, 1.807) is 24.3 Å². The molecule has 3 aromatic carbocycles. The highest BCUT2D eigenvalue weighted by Crippen LogP contribution is 2.35. The van der Waals surface area contributed by atoms with Crippen LogP contribution in [0.2, 0.25) is 0 Å². The summed E-state index contributed by atoms with van der Waals surface area (Å²) in [5, 5.41) is 22.8. The van der Waals surface area contributed by atoms with Crippen LogP contribution in [0.25, 0.3) is 0 Å². The predicted molar refractivity (Wildman–Crippen MR) is 148 cm³/mol. The Bertz CT molecular complexity index is 1500. The third kappa shape index (κ3) is 7.87. The summed E-state index contributed by atoms with van der Waals surface area (Å²) >= 11 is 0. The van der Waals surface area contributed by atoms with Gasteiger partial charge in [-0.1, -0.05) is 32.0 Å². The quantitative estimate of drug-likeness (QED) is 0.264. The Morgan fingerprint density at radius 2 is 1.67 bits per heavy atom. The van der Waals surface area contributed by atoms with Crippen molar-refractivity contribution in [2.75, 3.05) is 19.9 Å². The Labute approximate surface area is 242 Å². The highest BCUT2D eigenvalue weighted by molar-refractivity contribution is 7.89. The van der Waals surface area contributed by atoms with E-state index in [4.69, 9.17) is 14.2 Å². The molecule has 0 aliphatic carbocycles. The zero-order valence-electron chi connectivity index (χ0n) is 23.0. The van der Waals surface area contributed by atoms with Gasteiger partial charge >= 0.3 is 6.09 Å². The molecular formula is C29H32F2N2O8S. The summed E-state index contributed by atoms with van der Waals surface area (Å²) in [5.41, 5.74) is 1.08. The lowest BCUT2D eigenvalue weighted by atomic mass is 10.0. The zero-order chi connectivity index (χ0) is 30.4. The van der Waals surface area contributed by atoms with Crippen LogP contribution in [0.3, 0.4) is 0 Å². The van der Waals surface area contributed by atoms with Crippen LogP contribution in [0.1, 0.15) is 25.0 Å². The topological polar surface area (TPSA) is 135 Å². The lowest BCUT2D eigenvalue weighted by Crippen LogP contribution is -2.50. The molecule has 226 valence electrons. The molecule has 4 rings (SSSR count). The van der Waals surface area contributed by atoms with Crippen molar-refractivity contribution in [1.82, 2.24) is 9.62 Å². The Hall–Kier alpha value is -3.94. The smallest absolute Gasteiger partial charge is 0.404 e. The lowest BCUT2D eigenvalue weighted by molar-refractivity contribution is 0.0980. The van der Waals surface area contributed by atoms with Gasteiger partial charge in [-0.15, -0.1) is 0 Å². The van der Waals surface area contributed by atoms with Crippen LogP contribution in [0.15, 0.2) is 65.6 Å². The SMILES string of the molecule is CC(C)CN(C[C@H](O)[C@H](Cc1ccc(OCc2ccc(F)c(F)c2)cc1)NC(=O)O)S(=O)(=O)c1ccc2c(c1)OCO2. The van der Waals surface area contributed by atoms with Gasteiger partial charge in [0.2, 0.25) is 16.8 Å². The number of aliphatic hydroxyl groups is 1. The fourth-order valence-electron chi connectivity index (χ4n) is 4.41. The number of nitrogens with zero attached hydrogens (tertiary/aromatic N) is 1. The normalized spacial score (nSPS) is 14.2. The maximum Gasteiger partial charge on any atom is 0.404 e. The molecule has 0 saturated carbocycles. The molecule has 0 saturated heterocycles. The van der Waals surface area contributed by atoms with Gasteiger partial charge in [-0.2, -0.15) is 4.31 Å². The van der Waals surface area contributed by atoms with Gasteiger partial charge in [0.15, 0.2) is 23.1 Å². The second-order valence-corrected chi connectivity index (χ2v) is 12.2. The van der Waals surface area contributed by atoms with Crippen LogP contribution in [0.4, 0.5) is 13.6 Å². The number of ether oxygens (including phenoxy) is 3. The Kier molecular flexibility index (Phi) is 9.86. The number of carbonyl (C=O) groups is 1. The van der Waals surface area contributed by atoms with E-state index < -0.39 is 39.9 Å². The van der Waals surface area contributed by atoms with Gasteiger partial charge in [-0.25, -0.2) is 22.0 Å². The summed E-state index contributed by atoms with van der Waals surface area (Å²) in [6.45, 7) is 3.36. The third-order valence-corrected chi connectivity index (χ3v) is 8.31. The average molecular weight is 607 g/mol. The monoisotopic (exact) mass is 606 g/mol. The highest BCUT2D eigenvalue weighted by atomic mass is 32.2. The van der Waals surface area contributed by atoms with Crippen LogP contribution in [-0.4, -0.2) is 61.1 Å². The number of sulfonamides is 1. The summed E-state index contributed by atoms with van der Waals surface area (Å²) in [6.07, 6.45) is -2.72. The number of halogens is 2. The number of hydrogen-bond donors (Lipinski definition) is 3. The lowest BCUT2D eigenvalue weighted by Gasteiger charge is -2.30. The fourth-order valence-corrected chi connectivity index (χ4v) is 6.05. The summed E-state index contributed by atoms with van der Waals surface area (Å²) in [5.74, 6) is -0.861. The molecule has 1 amide bonds. The Morgan fingerprint density at radius 3 is 2.33 bits per heavy atom.